The van der Waals surface area contributed by atoms with E-state index in [9.17, 15) is 9.59 Å². The number of carbonyl (C=O) groups excluding carboxylic acids is 2. The van der Waals surface area contributed by atoms with Crippen LogP contribution in [0.1, 0.15) is 10.4 Å². The van der Waals surface area contributed by atoms with Crippen LogP contribution < -0.4 is 16.4 Å². The number of amides is 2. The number of nitriles is 1. The molecule has 0 heterocycles. The molecular formula is C17H12Cl2N4O2. The van der Waals surface area contributed by atoms with Crippen LogP contribution in [-0.4, -0.2) is 11.8 Å². The molecule has 0 aromatic heterocycles. The van der Waals surface area contributed by atoms with Crippen LogP contribution in [0.2, 0.25) is 10.0 Å². The second kappa shape index (κ2) is 8.20. The zero-order valence-corrected chi connectivity index (χ0v) is 14.2. The lowest BCUT2D eigenvalue weighted by molar-refractivity contribution is -0.112. The maximum atomic E-state index is 12.1. The van der Waals surface area contributed by atoms with E-state index in [1.807, 2.05) is 0 Å². The van der Waals surface area contributed by atoms with Gasteiger partial charge in [-0.15, -0.1) is 0 Å². The summed E-state index contributed by atoms with van der Waals surface area (Å²) in [5.74, 6) is -1.22. The van der Waals surface area contributed by atoms with Crippen molar-refractivity contribution in [2.75, 3.05) is 11.1 Å². The first-order chi connectivity index (χ1) is 11.9. The highest BCUT2D eigenvalue weighted by molar-refractivity contribution is 6.36. The van der Waals surface area contributed by atoms with Gasteiger partial charge in [0, 0.05) is 22.5 Å². The summed E-state index contributed by atoms with van der Waals surface area (Å²) in [6, 6.07) is 12.4. The minimum atomic E-state index is -0.732. The lowest BCUT2D eigenvalue weighted by Crippen LogP contribution is -2.21. The fourth-order valence-corrected chi connectivity index (χ4v) is 2.12. The van der Waals surface area contributed by atoms with Gasteiger partial charge in [0.15, 0.2) is 0 Å². The van der Waals surface area contributed by atoms with E-state index in [0.29, 0.717) is 16.3 Å². The monoisotopic (exact) mass is 374 g/mol. The van der Waals surface area contributed by atoms with Gasteiger partial charge in [-0.2, -0.15) is 5.26 Å². The summed E-state index contributed by atoms with van der Waals surface area (Å²) >= 11 is 11.8. The standard InChI is InChI=1S/C17H12Cl2N4O2/c18-12-3-6-14(19)15(7-12)23-17(25)11(8-20)9-22-16(24)10-1-4-13(21)5-2-10/h1-7,9H,21H2,(H,22,24)(H,23,25)/b11-9-. The Morgan fingerprint density at radius 2 is 1.80 bits per heavy atom. The van der Waals surface area contributed by atoms with Crippen molar-refractivity contribution in [3.8, 4) is 6.07 Å². The maximum Gasteiger partial charge on any atom is 0.267 e. The first kappa shape index (κ1) is 18.3. The molecule has 2 amide bonds. The highest BCUT2D eigenvalue weighted by atomic mass is 35.5. The Morgan fingerprint density at radius 3 is 2.44 bits per heavy atom. The molecule has 6 nitrogen and oxygen atoms in total. The van der Waals surface area contributed by atoms with Gasteiger partial charge in [-0.25, -0.2) is 0 Å². The first-order valence-electron chi connectivity index (χ1n) is 6.94. The number of anilines is 2. The number of carbonyl (C=O) groups is 2. The number of nitrogen functional groups attached to an aromatic ring is 1. The molecule has 2 aromatic rings. The lowest BCUT2D eigenvalue weighted by atomic mass is 10.2. The fraction of sp³-hybridized carbons (Fsp3) is 0. The van der Waals surface area contributed by atoms with E-state index in [-0.39, 0.29) is 16.3 Å². The molecule has 0 bridgehead atoms. The van der Waals surface area contributed by atoms with Gasteiger partial charge in [-0.05, 0) is 42.5 Å². The van der Waals surface area contributed by atoms with Crippen molar-refractivity contribution in [2.24, 2.45) is 0 Å². The molecular weight excluding hydrogens is 363 g/mol. The smallest absolute Gasteiger partial charge is 0.267 e. The number of benzene rings is 2. The minimum absolute atomic E-state index is 0.255. The Bertz CT molecular complexity index is 887. The van der Waals surface area contributed by atoms with Crippen molar-refractivity contribution < 1.29 is 9.59 Å². The van der Waals surface area contributed by atoms with E-state index >= 15 is 0 Å². The van der Waals surface area contributed by atoms with Gasteiger partial charge in [0.25, 0.3) is 11.8 Å². The molecule has 0 aliphatic rings. The van der Waals surface area contributed by atoms with Crippen LogP contribution in [0.25, 0.3) is 0 Å². The number of nitrogens with zero attached hydrogens (tertiary/aromatic N) is 1. The van der Waals surface area contributed by atoms with Crippen molar-refractivity contribution in [1.29, 1.82) is 5.26 Å². The van der Waals surface area contributed by atoms with Crippen LogP contribution in [0.4, 0.5) is 11.4 Å². The van der Waals surface area contributed by atoms with Crippen molar-refractivity contribution in [2.45, 2.75) is 0 Å². The van der Waals surface area contributed by atoms with Gasteiger partial charge < -0.3 is 16.4 Å². The molecule has 25 heavy (non-hydrogen) atoms. The number of rotatable bonds is 4. The topological polar surface area (TPSA) is 108 Å². The van der Waals surface area contributed by atoms with Gasteiger partial charge in [0.2, 0.25) is 0 Å². The Balaban J connectivity index is 2.10. The van der Waals surface area contributed by atoms with Crippen LogP contribution in [0.3, 0.4) is 0 Å². The van der Waals surface area contributed by atoms with Gasteiger partial charge in [0.05, 0.1) is 10.7 Å². The minimum Gasteiger partial charge on any atom is -0.399 e. The zero-order valence-electron chi connectivity index (χ0n) is 12.7. The Kier molecular flexibility index (Phi) is 6.01. The van der Waals surface area contributed by atoms with Crippen LogP contribution in [0, 0.1) is 11.3 Å². The Labute approximate surface area is 153 Å². The third kappa shape index (κ3) is 4.98. The summed E-state index contributed by atoms with van der Waals surface area (Å²) in [6.45, 7) is 0. The number of hydrogen-bond acceptors (Lipinski definition) is 4. The number of nitrogens with one attached hydrogen (secondary N) is 2. The van der Waals surface area contributed by atoms with Crippen molar-refractivity contribution in [3.05, 3.63) is 69.8 Å². The molecule has 0 radical (unpaired) electrons. The molecule has 4 N–H and O–H groups in total. The van der Waals surface area contributed by atoms with Crippen molar-refractivity contribution in [1.82, 2.24) is 5.32 Å². The molecule has 0 saturated carbocycles. The van der Waals surface area contributed by atoms with Crippen molar-refractivity contribution >= 4 is 46.4 Å². The molecule has 0 atom stereocenters. The van der Waals surface area contributed by atoms with E-state index in [1.165, 1.54) is 24.3 Å². The molecule has 0 aliphatic heterocycles. The molecule has 0 fully saturated rings. The Hall–Kier alpha value is -3.01. The summed E-state index contributed by atoms with van der Waals surface area (Å²) in [5, 5.41) is 14.6. The van der Waals surface area contributed by atoms with E-state index in [1.54, 1.807) is 24.3 Å². The van der Waals surface area contributed by atoms with Crippen LogP contribution in [0.5, 0.6) is 0 Å². The van der Waals surface area contributed by atoms with E-state index in [2.05, 4.69) is 10.6 Å². The SMILES string of the molecule is N#C/C(=C/NC(=O)c1ccc(N)cc1)C(=O)Nc1cc(Cl)ccc1Cl. The van der Waals surface area contributed by atoms with Gasteiger partial charge in [-0.3, -0.25) is 9.59 Å². The quantitative estimate of drug-likeness (QED) is 0.433. The molecule has 2 rings (SSSR count). The second-order valence-corrected chi connectivity index (χ2v) is 5.69. The van der Waals surface area contributed by atoms with Crippen LogP contribution in [0.15, 0.2) is 54.2 Å². The molecule has 0 spiro atoms. The number of nitrogens with two attached hydrogens (primary N) is 1. The highest BCUT2D eigenvalue weighted by Crippen LogP contribution is 2.25. The third-order valence-corrected chi connectivity index (χ3v) is 3.63. The summed E-state index contributed by atoms with van der Waals surface area (Å²) in [4.78, 5) is 24.1. The predicted octanol–water partition coefficient (Wildman–Crippen LogP) is 3.35. The highest BCUT2D eigenvalue weighted by Gasteiger charge is 2.13. The van der Waals surface area contributed by atoms with Gasteiger partial charge >= 0.3 is 0 Å². The second-order valence-electron chi connectivity index (χ2n) is 4.84. The maximum absolute atomic E-state index is 12.1. The molecule has 126 valence electrons. The number of hydrogen-bond donors (Lipinski definition) is 3. The summed E-state index contributed by atoms with van der Waals surface area (Å²) < 4.78 is 0. The largest absolute Gasteiger partial charge is 0.399 e. The van der Waals surface area contributed by atoms with Crippen LogP contribution >= 0.6 is 23.2 Å². The summed E-state index contributed by atoms with van der Waals surface area (Å²) in [5.41, 5.74) is 6.35. The molecule has 0 aliphatic carbocycles. The zero-order chi connectivity index (χ0) is 18.4. The Morgan fingerprint density at radius 1 is 1.12 bits per heavy atom. The average molecular weight is 375 g/mol. The third-order valence-electron chi connectivity index (χ3n) is 3.06. The summed E-state index contributed by atoms with van der Waals surface area (Å²) in [7, 11) is 0. The fourth-order valence-electron chi connectivity index (χ4n) is 1.79. The number of halogens is 2. The molecule has 2 aromatic carbocycles. The van der Waals surface area contributed by atoms with E-state index in [4.69, 9.17) is 34.2 Å². The molecule has 0 unspecified atom stereocenters. The van der Waals surface area contributed by atoms with E-state index < -0.39 is 11.8 Å². The normalized spacial score (nSPS) is 10.7. The first-order valence-corrected chi connectivity index (χ1v) is 7.69. The molecule has 8 heteroatoms. The van der Waals surface area contributed by atoms with Gasteiger partial charge in [-0.1, -0.05) is 23.2 Å². The molecule has 0 saturated heterocycles. The van der Waals surface area contributed by atoms with E-state index in [0.717, 1.165) is 6.20 Å². The summed E-state index contributed by atoms with van der Waals surface area (Å²) in [6.07, 6.45) is 1.02. The van der Waals surface area contributed by atoms with Crippen molar-refractivity contribution in [3.63, 3.8) is 0 Å². The van der Waals surface area contributed by atoms with Crippen LogP contribution in [-0.2, 0) is 4.79 Å². The van der Waals surface area contributed by atoms with Gasteiger partial charge in [0.1, 0.15) is 11.6 Å². The average Bonchev–Trinajstić information content (AvgIpc) is 2.59. The predicted molar refractivity (Wildman–Crippen MR) is 97.1 cm³/mol. The lowest BCUT2D eigenvalue weighted by Gasteiger charge is -2.07.